The second kappa shape index (κ2) is 9.51. The van der Waals surface area contributed by atoms with Crippen LogP contribution in [0.3, 0.4) is 0 Å². The topological polar surface area (TPSA) is 32.9 Å². The molecule has 0 unspecified atom stereocenters. The fraction of sp³-hybridized carbons (Fsp3) is 0.381. The first-order valence-electron chi connectivity index (χ1n) is 9.57. The lowest BCUT2D eigenvalue weighted by Gasteiger charge is -2.37. The zero-order valence-corrected chi connectivity index (χ0v) is 17.5. The summed E-state index contributed by atoms with van der Waals surface area (Å²) in [5.41, 5.74) is 2.26. The highest BCUT2D eigenvalue weighted by molar-refractivity contribution is 7.80. The lowest BCUT2D eigenvalue weighted by atomic mass is 9.98. The summed E-state index contributed by atoms with van der Waals surface area (Å²) in [4.78, 5) is 3.24. The maximum atomic E-state index is 6.07. The van der Waals surface area contributed by atoms with Crippen molar-refractivity contribution in [2.45, 2.75) is 19.0 Å². The van der Waals surface area contributed by atoms with Crippen molar-refractivity contribution in [3.63, 3.8) is 0 Å². The molecule has 1 heterocycles. The molecule has 0 radical (unpaired) electrons. The van der Waals surface area contributed by atoms with E-state index in [1.807, 2.05) is 24.3 Å². The zero-order valence-electron chi connectivity index (χ0n) is 16.0. The number of anilines is 1. The molecule has 4 N–H and O–H groups in total. The van der Waals surface area contributed by atoms with E-state index in [1.54, 1.807) is 9.80 Å². The van der Waals surface area contributed by atoms with E-state index in [9.17, 15) is 0 Å². The molecule has 2 aromatic carbocycles. The van der Waals surface area contributed by atoms with E-state index in [2.05, 4.69) is 54.9 Å². The summed E-state index contributed by atoms with van der Waals surface area (Å²) in [6, 6.07) is 19.0. The molecular weight excluding hydrogens is 376 g/mol. The number of halogens is 1. The summed E-state index contributed by atoms with van der Waals surface area (Å²) < 4.78 is 0. The van der Waals surface area contributed by atoms with Gasteiger partial charge in [0.15, 0.2) is 5.11 Å². The van der Waals surface area contributed by atoms with Crippen molar-refractivity contribution in [3.05, 3.63) is 65.2 Å². The average Bonchev–Trinajstić information content (AvgIpc) is 2.64. The Labute approximate surface area is 172 Å². The van der Waals surface area contributed by atoms with Gasteiger partial charge in [-0.15, -0.1) is 0 Å². The third kappa shape index (κ3) is 5.66. The Balaban J connectivity index is 1.70. The summed E-state index contributed by atoms with van der Waals surface area (Å²) in [5, 5.41) is 8.08. The fourth-order valence-corrected chi connectivity index (χ4v) is 4.36. The number of thiocarbonyl (C=S) groups is 1. The second-order valence-electron chi connectivity index (χ2n) is 7.40. The number of piperazine rings is 1. The van der Waals surface area contributed by atoms with Crippen LogP contribution < -0.4 is 20.4 Å². The molecule has 0 aliphatic carbocycles. The van der Waals surface area contributed by atoms with Crippen molar-refractivity contribution in [2.75, 3.05) is 38.5 Å². The first kappa shape index (κ1) is 20.1. The van der Waals surface area contributed by atoms with Gasteiger partial charge in [-0.3, -0.25) is 0 Å². The predicted octanol–water partition coefficient (Wildman–Crippen LogP) is 1.17. The molecule has 6 heteroatoms. The number of hydrogen-bond donors (Lipinski definition) is 4. The molecule has 1 saturated heterocycles. The third-order valence-corrected chi connectivity index (χ3v) is 5.74. The maximum absolute atomic E-state index is 6.07. The first-order valence-corrected chi connectivity index (χ1v) is 10.4. The molecule has 27 heavy (non-hydrogen) atoms. The van der Waals surface area contributed by atoms with Crippen LogP contribution in [0.2, 0.25) is 5.02 Å². The Bertz CT molecular complexity index is 747. The quantitative estimate of drug-likeness (QED) is 0.565. The number of benzene rings is 2. The molecule has 1 aliphatic rings. The van der Waals surface area contributed by atoms with Crippen LogP contribution in [0.15, 0.2) is 54.6 Å². The molecule has 0 saturated carbocycles. The molecule has 1 aliphatic heterocycles. The van der Waals surface area contributed by atoms with Gasteiger partial charge in [0, 0.05) is 16.3 Å². The standard InChI is InChI=1S/C21H27ClN4S/c1-16(23-21(27)24-19-10-6-9-18(22)15-19)20(17-7-4-3-5-8-17)26-13-11-25(2)12-14-26/h3-10,15-16,20H,11-14H2,1-2H3,(H2,23,24,27)/p+2/t16-,20-/m0/s1. The van der Waals surface area contributed by atoms with E-state index >= 15 is 0 Å². The molecule has 144 valence electrons. The maximum Gasteiger partial charge on any atom is 0.171 e. The molecule has 2 atom stereocenters. The van der Waals surface area contributed by atoms with Crippen LogP contribution in [0, 0.1) is 0 Å². The van der Waals surface area contributed by atoms with Gasteiger partial charge in [0.2, 0.25) is 0 Å². The van der Waals surface area contributed by atoms with Crippen LogP contribution in [0.1, 0.15) is 18.5 Å². The van der Waals surface area contributed by atoms with Crippen LogP contribution in [0.25, 0.3) is 0 Å². The lowest BCUT2D eigenvalue weighted by molar-refractivity contribution is -1.02. The third-order valence-electron chi connectivity index (χ3n) is 5.29. The molecule has 0 aromatic heterocycles. The summed E-state index contributed by atoms with van der Waals surface area (Å²) in [6.45, 7) is 6.98. The second-order valence-corrected chi connectivity index (χ2v) is 8.25. The van der Waals surface area contributed by atoms with Crippen LogP contribution in [0.5, 0.6) is 0 Å². The number of nitrogens with one attached hydrogen (secondary N) is 4. The van der Waals surface area contributed by atoms with E-state index in [4.69, 9.17) is 23.8 Å². The minimum atomic E-state index is 0.208. The average molecular weight is 405 g/mol. The van der Waals surface area contributed by atoms with Crippen molar-refractivity contribution in [2.24, 2.45) is 0 Å². The Morgan fingerprint density at radius 2 is 1.74 bits per heavy atom. The van der Waals surface area contributed by atoms with Gasteiger partial charge >= 0.3 is 0 Å². The Kier molecular flexibility index (Phi) is 7.07. The van der Waals surface area contributed by atoms with Gasteiger partial charge in [0.25, 0.3) is 0 Å². The predicted molar refractivity (Wildman–Crippen MR) is 117 cm³/mol. The highest BCUT2D eigenvalue weighted by Gasteiger charge is 2.33. The minimum Gasteiger partial charge on any atom is -0.354 e. The van der Waals surface area contributed by atoms with Crippen molar-refractivity contribution >= 4 is 34.6 Å². The summed E-state index contributed by atoms with van der Waals surface area (Å²) >= 11 is 11.6. The molecular formula is C21H29ClN4S+2. The molecule has 4 nitrogen and oxygen atoms in total. The summed E-state index contributed by atoms with van der Waals surface area (Å²) in [5.74, 6) is 0. The summed E-state index contributed by atoms with van der Waals surface area (Å²) in [6.07, 6.45) is 0. The van der Waals surface area contributed by atoms with Gasteiger partial charge in [-0.1, -0.05) is 48.0 Å². The molecule has 3 rings (SSSR count). The van der Waals surface area contributed by atoms with Gasteiger partial charge in [0.05, 0.1) is 13.1 Å². The number of hydrogen-bond acceptors (Lipinski definition) is 1. The monoisotopic (exact) mass is 404 g/mol. The van der Waals surface area contributed by atoms with Gasteiger partial charge in [-0.2, -0.15) is 0 Å². The highest BCUT2D eigenvalue weighted by Crippen LogP contribution is 2.16. The molecule has 0 amide bonds. The smallest absolute Gasteiger partial charge is 0.171 e. The van der Waals surface area contributed by atoms with Crippen molar-refractivity contribution < 1.29 is 9.80 Å². The van der Waals surface area contributed by atoms with Crippen LogP contribution >= 0.6 is 23.8 Å². The van der Waals surface area contributed by atoms with E-state index in [0.29, 0.717) is 16.2 Å². The number of quaternary nitrogens is 2. The fourth-order valence-electron chi connectivity index (χ4n) is 3.87. The Hall–Kier alpha value is -1.66. The summed E-state index contributed by atoms with van der Waals surface area (Å²) in [7, 11) is 2.28. The normalized spacial score (nSPS) is 21.9. The molecule has 0 spiro atoms. The molecule has 0 bridgehead atoms. The van der Waals surface area contributed by atoms with Gasteiger partial charge in [0.1, 0.15) is 32.2 Å². The van der Waals surface area contributed by atoms with Crippen molar-refractivity contribution in [1.82, 2.24) is 5.32 Å². The van der Waals surface area contributed by atoms with Crippen LogP contribution in [0.4, 0.5) is 5.69 Å². The first-order chi connectivity index (χ1) is 13.0. The highest BCUT2D eigenvalue weighted by atomic mass is 35.5. The van der Waals surface area contributed by atoms with Crippen LogP contribution in [-0.4, -0.2) is 44.4 Å². The van der Waals surface area contributed by atoms with Crippen molar-refractivity contribution in [3.8, 4) is 0 Å². The van der Waals surface area contributed by atoms with E-state index in [1.165, 1.54) is 31.7 Å². The van der Waals surface area contributed by atoms with Gasteiger partial charge in [-0.05, 0) is 37.3 Å². The zero-order chi connectivity index (χ0) is 19.2. The van der Waals surface area contributed by atoms with E-state index < -0.39 is 0 Å². The Morgan fingerprint density at radius 3 is 2.41 bits per heavy atom. The number of rotatable bonds is 5. The Morgan fingerprint density at radius 1 is 1.04 bits per heavy atom. The molecule has 2 aromatic rings. The molecule has 1 fully saturated rings. The van der Waals surface area contributed by atoms with E-state index in [-0.39, 0.29) is 6.04 Å². The van der Waals surface area contributed by atoms with Gasteiger partial charge in [-0.25, -0.2) is 0 Å². The minimum absolute atomic E-state index is 0.208. The van der Waals surface area contributed by atoms with Gasteiger partial charge < -0.3 is 20.4 Å². The largest absolute Gasteiger partial charge is 0.354 e. The lowest BCUT2D eigenvalue weighted by Crippen LogP contribution is -3.27. The van der Waals surface area contributed by atoms with Crippen molar-refractivity contribution in [1.29, 1.82) is 0 Å². The number of likely N-dealkylation sites (N-methyl/N-ethyl adjacent to an activating group) is 1. The SMILES string of the molecule is C[C@H](NC(=S)Nc1cccc(Cl)c1)[C@@H](c1ccccc1)[NH+]1CC[NH+](C)CC1. The van der Waals surface area contributed by atoms with E-state index in [0.717, 1.165) is 5.69 Å². The van der Waals surface area contributed by atoms with Crippen LogP contribution in [-0.2, 0) is 0 Å².